The Balaban J connectivity index is 1.34. The predicted octanol–water partition coefficient (Wildman–Crippen LogP) is 3.78. The number of likely N-dealkylation sites (N-methyl/N-ethyl adjacent to an activating group) is 1. The summed E-state index contributed by atoms with van der Waals surface area (Å²) in [5.41, 5.74) is 2.77. The van der Waals surface area contributed by atoms with Gasteiger partial charge in [0.15, 0.2) is 0 Å². The second kappa shape index (κ2) is 10.4. The third-order valence-electron chi connectivity index (χ3n) is 5.48. The van der Waals surface area contributed by atoms with E-state index < -0.39 is 0 Å². The van der Waals surface area contributed by atoms with Crippen LogP contribution >= 0.6 is 0 Å². The molecule has 0 bridgehead atoms. The second-order valence-corrected chi connectivity index (χ2v) is 7.93. The number of benzene rings is 1. The van der Waals surface area contributed by atoms with E-state index in [9.17, 15) is 9.18 Å². The first-order valence-corrected chi connectivity index (χ1v) is 10.4. The van der Waals surface area contributed by atoms with Crippen LogP contribution in [-0.2, 0) is 11.2 Å². The largest absolute Gasteiger partial charge is 0.355 e. The zero-order valence-electron chi connectivity index (χ0n) is 16.7. The Morgan fingerprint density at radius 3 is 2.75 bits per heavy atom. The lowest BCUT2D eigenvalue weighted by molar-refractivity contribution is -0.122. The van der Waals surface area contributed by atoms with Crippen LogP contribution in [0.2, 0.25) is 0 Å². The number of rotatable bonds is 9. The topological polar surface area (TPSA) is 61.0 Å². The molecule has 1 heterocycles. The van der Waals surface area contributed by atoms with Gasteiger partial charge in [0.1, 0.15) is 5.82 Å². The molecule has 28 heavy (non-hydrogen) atoms. The van der Waals surface area contributed by atoms with Gasteiger partial charge >= 0.3 is 0 Å². The number of nitrogens with one attached hydrogen (secondary N) is 2. The first kappa shape index (κ1) is 20.5. The molecule has 1 fully saturated rings. The van der Waals surface area contributed by atoms with E-state index in [2.05, 4.69) is 20.4 Å². The fourth-order valence-electron chi connectivity index (χ4n) is 3.83. The van der Waals surface area contributed by atoms with Crippen molar-refractivity contribution in [2.45, 2.75) is 44.9 Å². The van der Waals surface area contributed by atoms with Crippen molar-refractivity contribution >= 4 is 5.91 Å². The number of H-pyrrole nitrogens is 1. The minimum atomic E-state index is -0.245. The number of aromatic amines is 1. The molecule has 0 saturated heterocycles. The summed E-state index contributed by atoms with van der Waals surface area (Å²) < 4.78 is 13.0. The number of carbonyl (C=O) groups excluding carboxylic acids is 1. The number of halogens is 1. The number of hydrogen-bond donors (Lipinski definition) is 2. The van der Waals surface area contributed by atoms with Crippen LogP contribution in [-0.4, -0.2) is 47.7 Å². The molecule has 1 amide bonds. The molecular formula is C22H31FN4O. The molecule has 1 saturated carbocycles. The SMILES string of the molecule is CN(CCCc1cc(-c2ccc(F)cc2)n[nH]1)CC(=O)NCC1CCCCC1. The van der Waals surface area contributed by atoms with Gasteiger partial charge in [-0.2, -0.15) is 5.10 Å². The summed E-state index contributed by atoms with van der Waals surface area (Å²) in [7, 11) is 1.98. The Labute approximate surface area is 166 Å². The van der Waals surface area contributed by atoms with Gasteiger partial charge in [-0.15, -0.1) is 0 Å². The number of aromatic nitrogens is 2. The van der Waals surface area contributed by atoms with Crippen LogP contribution in [0.25, 0.3) is 11.3 Å². The van der Waals surface area contributed by atoms with Crippen molar-refractivity contribution in [3.63, 3.8) is 0 Å². The van der Waals surface area contributed by atoms with E-state index >= 15 is 0 Å². The number of hydrogen-bond acceptors (Lipinski definition) is 3. The molecule has 6 heteroatoms. The van der Waals surface area contributed by atoms with Crippen molar-refractivity contribution in [2.24, 2.45) is 5.92 Å². The lowest BCUT2D eigenvalue weighted by Crippen LogP contribution is -2.38. The molecule has 5 nitrogen and oxygen atoms in total. The van der Waals surface area contributed by atoms with E-state index in [1.165, 1.54) is 44.2 Å². The summed E-state index contributed by atoms with van der Waals surface area (Å²) in [5, 5.41) is 10.4. The Morgan fingerprint density at radius 1 is 1.25 bits per heavy atom. The molecule has 0 atom stereocenters. The monoisotopic (exact) mass is 386 g/mol. The van der Waals surface area contributed by atoms with Gasteiger partial charge in [-0.25, -0.2) is 4.39 Å². The smallest absolute Gasteiger partial charge is 0.234 e. The summed E-state index contributed by atoms with van der Waals surface area (Å²) in [6.45, 7) is 2.12. The Kier molecular flexibility index (Phi) is 7.60. The molecule has 1 aromatic carbocycles. The van der Waals surface area contributed by atoms with Crippen molar-refractivity contribution < 1.29 is 9.18 Å². The van der Waals surface area contributed by atoms with Crippen LogP contribution in [0.1, 0.15) is 44.2 Å². The van der Waals surface area contributed by atoms with Crippen LogP contribution in [0.3, 0.4) is 0 Å². The molecule has 1 aliphatic rings. The van der Waals surface area contributed by atoms with E-state index in [0.717, 1.165) is 42.9 Å². The average Bonchev–Trinajstić information content (AvgIpc) is 3.16. The summed E-state index contributed by atoms with van der Waals surface area (Å²) >= 11 is 0. The lowest BCUT2D eigenvalue weighted by Gasteiger charge is -2.22. The summed E-state index contributed by atoms with van der Waals surface area (Å²) in [6, 6.07) is 8.35. The van der Waals surface area contributed by atoms with Gasteiger partial charge in [-0.05, 0) is 75.5 Å². The first-order chi connectivity index (χ1) is 13.6. The molecule has 3 rings (SSSR count). The van der Waals surface area contributed by atoms with Crippen LogP contribution in [0, 0.1) is 11.7 Å². The highest BCUT2D eigenvalue weighted by molar-refractivity contribution is 5.77. The zero-order chi connectivity index (χ0) is 19.8. The van der Waals surface area contributed by atoms with Crippen LogP contribution < -0.4 is 5.32 Å². The number of nitrogens with zero attached hydrogens (tertiary/aromatic N) is 2. The summed E-state index contributed by atoms with van der Waals surface area (Å²) in [4.78, 5) is 14.2. The van der Waals surface area contributed by atoms with E-state index in [0.29, 0.717) is 12.5 Å². The third kappa shape index (κ3) is 6.44. The zero-order valence-corrected chi connectivity index (χ0v) is 16.7. The van der Waals surface area contributed by atoms with Gasteiger partial charge in [0.25, 0.3) is 0 Å². The average molecular weight is 387 g/mol. The van der Waals surface area contributed by atoms with Gasteiger partial charge in [0.2, 0.25) is 5.91 Å². The van der Waals surface area contributed by atoms with E-state index in [1.54, 1.807) is 12.1 Å². The fraction of sp³-hybridized carbons (Fsp3) is 0.545. The van der Waals surface area contributed by atoms with Crippen molar-refractivity contribution in [1.29, 1.82) is 0 Å². The molecule has 0 aliphatic heterocycles. The molecular weight excluding hydrogens is 355 g/mol. The second-order valence-electron chi connectivity index (χ2n) is 7.93. The van der Waals surface area contributed by atoms with E-state index in [4.69, 9.17) is 0 Å². The third-order valence-corrected chi connectivity index (χ3v) is 5.48. The normalized spacial score (nSPS) is 15.1. The van der Waals surface area contributed by atoms with E-state index in [1.807, 2.05) is 13.1 Å². The van der Waals surface area contributed by atoms with Crippen LogP contribution in [0.5, 0.6) is 0 Å². The highest BCUT2D eigenvalue weighted by atomic mass is 19.1. The van der Waals surface area contributed by atoms with E-state index in [-0.39, 0.29) is 11.7 Å². The molecule has 152 valence electrons. The van der Waals surface area contributed by atoms with Crippen molar-refractivity contribution in [1.82, 2.24) is 20.4 Å². The Bertz CT molecular complexity index is 737. The molecule has 2 N–H and O–H groups in total. The maximum Gasteiger partial charge on any atom is 0.234 e. The van der Waals surface area contributed by atoms with Crippen molar-refractivity contribution in [2.75, 3.05) is 26.7 Å². The van der Waals surface area contributed by atoms with Crippen molar-refractivity contribution in [3.05, 3.63) is 41.8 Å². The molecule has 1 aliphatic carbocycles. The molecule has 2 aromatic rings. The minimum absolute atomic E-state index is 0.119. The number of aryl methyl sites for hydroxylation is 1. The molecule has 0 unspecified atom stereocenters. The predicted molar refractivity (Wildman–Crippen MR) is 109 cm³/mol. The number of carbonyl (C=O) groups is 1. The molecule has 0 radical (unpaired) electrons. The van der Waals surface area contributed by atoms with Gasteiger partial charge in [-0.1, -0.05) is 19.3 Å². The molecule has 1 aromatic heterocycles. The maximum atomic E-state index is 13.0. The maximum absolute atomic E-state index is 13.0. The van der Waals surface area contributed by atoms with Gasteiger partial charge in [0.05, 0.1) is 12.2 Å². The lowest BCUT2D eigenvalue weighted by atomic mass is 9.89. The highest BCUT2D eigenvalue weighted by Gasteiger charge is 2.15. The fourth-order valence-corrected chi connectivity index (χ4v) is 3.83. The first-order valence-electron chi connectivity index (χ1n) is 10.4. The van der Waals surface area contributed by atoms with Gasteiger partial charge in [0, 0.05) is 17.8 Å². The number of amides is 1. The Morgan fingerprint density at radius 2 is 2.00 bits per heavy atom. The van der Waals surface area contributed by atoms with Gasteiger partial charge < -0.3 is 5.32 Å². The van der Waals surface area contributed by atoms with Crippen molar-refractivity contribution in [3.8, 4) is 11.3 Å². The highest BCUT2D eigenvalue weighted by Crippen LogP contribution is 2.22. The summed E-state index contributed by atoms with van der Waals surface area (Å²) in [5.74, 6) is 0.539. The summed E-state index contributed by atoms with van der Waals surface area (Å²) in [6.07, 6.45) is 8.25. The minimum Gasteiger partial charge on any atom is -0.355 e. The van der Waals surface area contributed by atoms with Crippen LogP contribution in [0.15, 0.2) is 30.3 Å². The standard InChI is InChI=1S/C22H31FN4O/c1-27(16-22(28)24-15-17-6-3-2-4-7-17)13-5-8-20-14-21(26-25-20)18-9-11-19(23)12-10-18/h9-12,14,17H,2-8,13,15-16H2,1H3,(H,24,28)(H,25,26). The van der Waals surface area contributed by atoms with Crippen LogP contribution in [0.4, 0.5) is 4.39 Å². The van der Waals surface area contributed by atoms with Gasteiger partial charge in [-0.3, -0.25) is 14.8 Å². The molecule has 0 spiro atoms. The quantitative estimate of drug-likeness (QED) is 0.690. The Hall–Kier alpha value is -2.21.